The molecule has 5 heteroatoms. The number of furan rings is 2. The molecule has 4 heterocycles. The molecule has 5 nitrogen and oxygen atoms in total. The van der Waals surface area contributed by atoms with E-state index >= 15 is 0 Å². The molecule has 1 aliphatic rings. The highest BCUT2D eigenvalue weighted by molar-refractivity contribution is 6.17. The lowest BCUT2D eigenvalue weighted by Crippen LogP contribution is -2.17. The maximum atomic E-state index is 6.95. The molecule has 0 saturated carbocycles. The van der Waals surface area contributed by atoms with Crippen molar-refractivity contribution in [3.05, 3.63) is 205 Å². The van der Waals surface area contributed by atoms with Crippen molar-refractivity contribution in [2.45, 2.75) is 19.4 Å². The van der Waals surface area contributed by atoms with Gasteiger partial charge in [-0.3, -0.25) is 0 Å². The zero-order valence-electron chi connectivity index (χ0n) is 32.5. The van der Waals surface area contributed by atoms with Gasteiger partial charge in [-0.05, 0) is 47.4 Å². The molecule has 7 aromatic carbocycles. The number of aromatic nitrogens is 2. The van der Waals surface area contributed by atoms with E-state index in [-0.39, 0.29) is 12.0 Å². The zero-order valence-corrected chi connectivity index (χ0v) is 32.5. The second kappa shape index (κ2) is 14.5. The van der Waals surface area contributed by atoms with Crippen LogP contribution in [0.15, 0.2) is 197 Å². The van der Waals surface area contributed by atoms with Crippen LogP contribution in [-0.4, -0.2) is 9.97 Å². The maximum Gasteiger partial charge on any atom is 0.160 e. The van der Waals surface area contributed by atoms with E-state index < -0.39 is 0 Å². The molecule has 0 radical (unpaired) electrons. The molecule has 0 amide bonds. The third kappa shape index (κ3) is 6.19. The standard InChI is InChI=1S/C54H39N3O2/c1-2-34-29-46(35-17-7-3-8-18-35)55-47(36-19-9-4-10-20-36)30-43(34)39-25-15-26-40-44-31-51-45(32-50(44)58-52(39)40)41-27-16-28-42(53(41)59-51)49-33-48(37-21-11-5-12-22-37)56-54(57-49)38-23-13-6-14-24-38/h3-34,47,55H,2H2,1H3/t34?,47-/m1/s1. The van der Waals surface area contributed by atoms with E-state index in [9.17, 15) is 0 Å². The Labute approximate surface area is 342 Å². The van der Waals surface area contributed by atoms with E-state index in [1.54, 1.807) is 0 Å². The fourth-order valence-corrected chi connectivity index (χ4v) is 8.69. The summed E-state index contributed by atoms with van der Waals surface area (Å²) in [7, 11) is 0. The summed E-state index contributed by atoms with van der Waals surface area (Å²) in [5.41, 5.74) is 13.7. The third-order valence-corrected chi connectivity index (χ3v) is 11.6. The van der Waals surface area contributed by atoms with E-state index in [1.165, 1.54) is 16.7 Å². The highest BCUT2D eigenvalue weighted by Gasteiger charge is 2.26. The summed E-state index contributed by atoms with van der Waals surface area (Å²) in [6.07, 6.45) is 5.74. The second-order valence-corrected chi connectivity index (χ2v) is 15.2. The Kier molecular flexibility index (Phi) is 8.51. The van der Waals surface area contributed by atoms with Crippen molar-refractivity contribution in [1.29, 1.82) is 0 Å². The summed E-state index contributed by atoms with van der Waals surface area (Å²) < 4.78 is 13.8. The van der Waals surface area contributed by atoms with Crippen molar-refractivity contribution in [3.8, 4) is 33.9 Å². The second-order valence-electron chi connectivity index (χ2n) is 15.2. The number of hydrogen-bond donors (Lipinski definition) is 1. The molecule has 0 bridgehead atoms. The van der Waals surface area contributed by atoms with Gasteiger partial charge in [0.15, 0.2) is 5.82 Å². The van der Waals surface area contributed by atoms with Crippen LogP contribution >= 0.6 is 0 Å². The van der Waals surface area contributed by atoms with Gasteiger partial charge < -0.3 is 14.2 Å². The largest absolute Gasteiger partial charge is 0.455 e. The summed E-state index contributed by atoms with van der Waals surface area (Å²) in [4.78, 5) is 10.1. The quantitative estimate of drug-likeness (QED) is 0.175. The molecule has 10 aromatic rings. The minimum Gasteiger partial charge on any atom is -0.455 e. The van der Waals surface area contributed by atoms with Crippen LogP contribution in [0.2, 0.25) is 0 Å². The van der Waals surface area contributed by atoms with E-state index in [4.69, 9.17) is 18.8 Å². The van der Waals surface area contributed by atoms with Crippen molar-refractivity contribution >= 4 is 55.1 Å². The number of allylic oxidation sites excluding steroid dienone is 2. The van der Waals surface area contributed by atoms with Crippen LogP contribution in [0.4, 0.5) is 0 Å². The van der Waals surface area contributed by atoms with Crippen molar-refractivity contribution < 1.29 is 8.83 Å². The van der Waals surface area contributed by atoms with Gasteiger partial charge in [0.2, 0.25) is 0 Å². The highest BCUT2D eigenvalue weighted by atomic mass is 16.3. The molecule has 0 aliphatic carbocycles. The van der Waals surface area contributed by atoms with Crippen molar-refractivity contribution in [2.24, 2.45) is 5.92 Å². The lowest BCUT2D eigenvalue weighted by molar-refractivity contribution is 0.662. The summed E-state index contributed by atoms with van der Waals surface area (Å²) >= 11 is 0. The number of nitrogens with one attached hydrogen (secondary N) is 1. The molecular formula is C54H39N3O2. The van der Waals surface area contributed by atoms with Gasteiger partial charge in [-0.15, -0.1) is 0 Å². The molecule has 0 fully saturated rings. The Balaban J connectivity index is 1.06. The van der Waals surface area contributed by atoms with Gasteiger partial charge in [0, 0.05) is 55.4 Å². The monoisotopic (exact) mass is 761 g/mol. The molecule has 282 valence electrons. The van der Waals surface area contributed by atoms with Gasteiger partial charge in [0.05, 0.1) is 17.4 Å². The number of fused-ring (bicyclic) bond motifs is 6. The molecular weight excluding hydrogens is 723 g/mol. The number of rotatable bonds is 7. The third-order valence-electron chi connectivity index (χ3n) is 11.6. The molecule has 1 N–H and O–H groups in total. The van der Waals surface area contributed by atoms with E-state index in [1.807, 2.05) is 48.5 Å². The van der Waals surface area contributed by atoms with Crippen LogP contribution in [-0.2, 0) is 0 Å². The average Bonchev–Trinajstić information content (AvgIpc) is 3.79. The van der Waals surface area contributed by atoms with Crippen molar-refractivity contribution in [1.82, 2.24) is 15.3 Å². The molecule has 59 heavy (non-hydrogen) atoms. The van der Waals surface area contributed by atoms with Gasteiger partial charge in [-0.1, -0.05) is 171 Å². The van der Waals surface area contributed by atoms with E-state index in [0.29, 0.717) is 5.82 Å². The van der Waals surface area contributed by atoms with Crippen LogP contribution in [0, 0.1) is 5.92 Å². The van der Waals surface area contributed by atoms with Gasteiger partial charge in [0.1, 0.15) is 22.3 Å². The summed E-state index contributed by atoms with van der Waals surface area (Å²) in [6, 6.07) is 60.9. The SMILES string of the molecule is CCC1C=C(c2ccccc2)N[C@@H](c2ccccc2)C=C1c1cccc2c1oc1cc3c(cc12)oc1c(-c2cc(-c4ccccc4)nc(-c4ccccc4)n2)cccc13. The first kappa shape index (κ1) is 34.7. The van der Waals surface area contributed by atoms with Gasteiger partial charge in [-0.2, -0.15) is 0 Å². The number of benzene rings is 7. The first-order chi connectivity index (χ1) is 29.2. The number of hydrogen-bond acceptors (Lipinski definition) is 5. The number of nitrogens with zero attached hydrogens (tertiary/aromatic N) is 2. The fourth-order valence-electron chi connectivity index (χ4n) is 8.69. The summed E-state index contributed by atoms with van der Waals surface area (Å²) in [6.45, 7) is 2.26. The normalized spacial score (nSPS) is 15.6. The van der Waals surface area contributed by atoms with Gasteiger partial charge in [-0.25, -0.2) is 9.97 Å². The zero-order chi connectivity index (χ0) is 39.3. The first-order valence-electron chi connectivity index (χ1n) is 20.3. The van der Waals surface area contributed by atoms with Gasteiger partial charge >= 0.3 is 0 Å². The molecule has 11 rings (SSSR count). The molecule has 2 atom stereocenters. The minimum atomic E-state index is -0.0285. The van der Waals surface area contributed by atoms with Gasteiger partial charge in [0.25, 0.3) is 0 Å². The van der Waals surface area contributed by atoms with Crippen molar-refractivity contribution in [2.75, 3.05) is 0 Å². The molecule has 1 unspecified atom stereocenters. The lowest BCUT2D eigenvalue weighted by atomic mass is 9.87. The predicted octanol–water partition coefficient (Wildman–Crippen LogP) is 14.1. The minimum absolute atomic E-state index is 0.0285. The summed E-state index contributed by atoms with van der Waals surface area (Å²) in [5.74, 6) is 0.831. The molecule has 1 aliphatic heterocycles. The van der Waals surface area contributed by atoms with Crippen LogP contribution in [0.3, 0.4) is 0 Å². The van der Waals surface area contributed by atoms with Crippen LogP contribution < -0.4 is 5.32 Å². The predicted molar refractivity (Wildman–Crippen MR) is 241 cm³/mol. The lowest BCUT2D eigenvalue weighted by Gasteiger charge is -2.19. The Hall–Kier alpha value is -7.50. The Morgan fingerprint density at radius 3 is 1.66 bits per heavy atom. The van der Waals surface area contributed by atoms with E-state index in [2.05, 4.69) is 152 Å². The Morgan fingerprint density at radius 1 is 0.492 bits per heavy atom. The van der Waals surface area contributed by atoms with Crippen LogP contribution in [0.25, 0.3) is 89.0 Å². The highest BCUT2D eigenvalue weighted by Crippen LogP contribution is 2.44. The topological polar surface area (TPSA) is 64.1 Å². The Morgan fingerprint density at radius 2 is 1.03 bits per heavy atom. The number of para-hydroxylation sites is 2. The van der Waals surface area contributed by atoms with Crippen LogP contribution in [0.5, 0.6) is 0 Å². The molecule has 0 saturated heterocycles. The van der Waals surface area contributed by atoms with Crippen molar-refractivity contribution in [3.63, 3.8) is 0 Å². The first-order valence-corrected chi connectivity index (χ1v) is 20.3. The van der Waals surface area contributed by atoms with Crippen LogP contribution in [0.1, 0.15) is 36.1 Å². The average molecular weight is 762 g/mol. The smallest absolute Gasteiger partial charge is 0.160 e. The molecule has 3 aromatic heterocycles. The Bertz CT molecular complexity index is 3160. The maximum absolute atomic E-state index is 6.95. The summed E-state index contributed by atoms with van der Waals surface area (Å²) in [5, 5.41) is 7.99. The van der Waals surface area contributed by atoms with E-state index in [0.717, 1.165) is 89.6 Å². The molecule has 0 spiro atoms. The fraction of sp³-hybridized carbons (Fsp3) is 0.0741.